The van der Waals surface area contributed by atoms with Crippen LogP contribution in [0.25, 0.3) is 0 Å². The van der Waals surface area contributed by atoms with E-state index in [0.717, 1.165) is 62.4 Å². The van der Waals surface area contributed by atoms with E-state index < -0.39 is 0 Å². The maximum absolute atomic E-state index is 13.6. The van der Waals surface area contributed by atoms with E-state index >= 15 is 0 Å². The maximum atomic E-state index is 13.6. The molecule has 2 aliphatic heterocycles. The summed E-state index contributed by atoms with van der Waals surface area (Å²) in [5.41, 5.74) is 3.02. The normalized spacial score (nSPS) is 21.4. The zero-order valence-electron chi connectivity index (χ0n) is 15.9. The molecule has 0 aliphatic carbocycles. The van der Waals surface area contributed by atoms with Crippen LogP contribution in [0.4, 0.5) is 10.1 Å². The Kier molecular flexibility index (Phi) is 5.63. The molecule has 2 aromatic carbocycles. The molecule has 2 aromatic rings. The van der Waals surface area contributed by atoms with Crippen molar-refractivity contribution in [1.29, 1.82) is 0 Å². The second-order valence-corrected chi connectivity index (χ2v) is 7.96. The fourth-order valence-electron chi connectivity index (χ4n) is 4.56. The van der Waals surface area contributed by atoms with Gasteiger partial charge in [-0.1, -0.05) is 30.7 Å². The average Bonchev–Trinajstić information content (AvgIpc) is 2.70. The number of hydrogen-bond acceptors (Lipinski definition) is 3. The zero-order valence-corrected chi connectivity index (χ0v) is 15.9. The van der Waals surface area contributed by atoms with Crippen molar-refractivity contribution in [2.24, 2.45) is 0 Å². The summed E-state index contributed by atoms with van der Waals surface area (Å²) >= 11 is 0. The molecule has 1 atom stereocenters. The molecule has 0 amide bonds. The van der Waals surface area contributed by atoms with E-state index in [1.54, 1.807) is 12.1 Å². The van der Waals surface area contributed by atoms with Crippen molar-refractivity contribution in [1.82, 2.24) is 4.90 Å². The van der Waals surface area contributed by atoms with Crippen molar-refractivity contribution in [2.45, 2.75) is 44.6 Å². The first-order chi connectivity index (χ1) is 13.2. The van der Waals surface area contributed by atoms with Crippen molar-refractivity contribution in [3.8, 4) is 5.75 Å². The number of likely N-dealkylation sites (tertiary alicyclic amines) is 1. The van der Waals surface area contributed by atoms with Gasteiger partial charge < -0.3 is 10.0 Å². The molecule has 3 nitrogen and oxygen atoms in total. The summed E-state index contributed by atoms with van der Waals surface area (Å²) in [5, 5.41) is 11.0. The van der Waals surface area contributed by atoms with Crippen LogP contribution >= 0.6 is 0 Å². The van der Waals surface area contributed by atoms with E-state index in [0.29, 0.717) is 5.75 Å². The Balaban J connectivity index is 1.51. The molecule has 2 fully saturated rings. The van der Waals surface area contributed by atoms with Gasteiger partial charge in [0.1, 0.15) is 11.6 Å². The van der Waals surface area contributed by atoms with Gasteiger partial charge in [0.15, 0.2) is 0 Å². The van der Waals surface area contributed by atoms with E-state index in [-0.39, 0.29) is 11.7 Å². The first-order valence-electron chi connectivity index (χ1n) is 10.2. The number of halogens is 1. The van der Waals surface area contributed by atoms with E-state index in [1.807, 2.05) is 6.07 Å². The van der Waals surface area contributed by atoms with Crippen LogP contribution in [0.5, 0.6) is 5.75 Å². The summed E-state index contributed by atoms with van der Waals surface area (Å²) < 4.78 is 13.6. The van der Waals surface area contributed by atoms with Crippen molar-refractivity contribution in [3.05, 3.63) is 59.4 Å². The average molecular weight is 368 g/mol. The first kappa shape index (κ1) is 18.3. The smallest absolute Gasteiger partial charge is 0.125 e. The van der Waals surface area contributed by atoms with Gasteiger partial charge in [0, 0.05) is 36.8 Å². The highest BCUT2D eigenvalue weighted by atomic mass is 19.1. The number of para-hydroxylation sites is 1. The predicted octanol–water partition coefficient (Wildman–Crippen LogP) is 4.90. The Morgan fingerprint density at radius 1 is 0.963 bits per heavy atom. The van der Waals surface area contributed by atoms with Crippen LogP contribution in [0, 0.1) is 5.82 Å². The van der Waals surface area contributed by atoms with Crippen molar-refractivity contribution in [3.63, 3.8) is 0 Å². The van der Waals surface area contributed by atoms with E-state index in [4.69, 9.17) is 0 Å². The Morgan fingerprint density at radius 3 is 2.59 bits per heavy atom. The van der Waals surface area contributed by atoms with Crippen molar-refractivity contribution >= 4 is 5.69 Å². The molecular formula is C23H29FN2O. The molecule has 4 heteroatoms. The number of phenols is 1. The van der Waals surface area contributed by atoms with Gasteiger partial charge in [-0.05, 0) is 62.5 Å². The number of piperidine rings is 2. The molecule has 144 valence electrons. The third kappa shape index (κ3) is 4.27. The summed E-state index contributed by atoms with van der Waals surface area (Å²) in [7, 11) is 0. The molecule has 0 bridgehead atoms. The summed E-state index contributed by atoms with van der Waals surface area (Å²) in [5.74, 6) is 0.554. The van der Waals surface area contributed by atoms with Gasteiger partial charge in [0.2, 0.25) is 0 Å². The SMILES string of the molecule is Oc1c(CN2CCCCC2)cccc1[C@@H]1CCCN(c2cccc(F)c2)C1. The van der Waals surface area contributed by atoms with Crippen molar-refractivity contribution in [2.75, 3.05) is 31.1 Å². The molecule has 4 rings (SSSR count). The van der Waals surface area contributed by atoms with Crippen LogP contribution in [-0.4, -0.2) is 36.2 Å². The third-order valence-corrected chi connectivity index (χ3v) is 6.03. The second-order valence-electron chi connectivity index (χ2n) is 7.96. The van der Waals surface area contributed by atoms with E-state index in [9.17, 15) is 9.50 Å². The van der Waals surface area contributed by atoms with Crippen LogP contribution in [0.15, 0.2) is 42.5 Å². The number of aromatic hydroxyl groups is 1. The second kappa shape index (κ2) is 8.30. The summed E-state index contributed by atoms with van der Waals surface area (Å²) in [6.45, 7) is 4.85. The highest BCUT2D eigenvalue weighted by molar-refractivity contribution is 5.49. The van der Waals surface area contributed by atoms with Gasteiger partial charge in [-0.15, -0.1) is 0 Å². The topological polar surface area (TPSA) is 26.7 Å². The predicted molar refractivity (Wildman–Crippen MR) is 108 cm³/mol. The number of benzene rings is 2. The number of hydrogen-bond donors (Lipinski definition) is 1. The van der Waals surface area contributed by atoms with Crippen LogP contribution in [0.3, 0.4) is 0 Å². The molecule has 2 aliphatic rings. The quantitative estimate of drug-likeness (QED) is 0.831. The lowest BCUT2D eigenvalue weighted by molar-refractivity contribution is 0.218. The third-order valence-electron chi connectivity index (χ3n) is 6.03. The van der Waals surface area contributed by atoms with E-state index in [2.05, 4.69) is 28.0 Å². The molecular weight excluding hydrogens is 339 g/mol. The van der Waals surface area contributed by atoms with Gasteiger partial charge in [-0.25, -0.2) is 4.39 Å². The summed E-state index contributed by atoms with van der Waals surface area (Å²) in [6, 6.07) is 13.0. The Labute approximate surface area is 161 Å². The lowest BCUT2D eigenvalue weighted by Crippen LogP contribution is -2.34. The van der Waals surface area contributed by atoms with Crippen molar-refractivity contribution < 1.29 is 9.50 Å². The fourth-order valence-corrected chi connectivity index (χ4v) is 4.56. The van der Waals surface area contributed by atoms with Crippen LogP contribution in [-0.2, 0) is 6.54 Å². The minimum absolute atomic E-state index is 0.194. The van der Waals surface area contributed by atoms with E-state index in [1.165, 1.54) is 25.3 Å². The summed E-state index contributed by atoms with van der Waals surface area (Å²) in [4.78, 5) is 4.69. The van der Waals surface area contributed by atoms with Crippen LogP contribution in [0.1, 0.15) is 49.1 Å². The number of nitrogens with zero attached hydrogens (tertiary/aromatic N) is 2. The maximum Gasteiger partial charge on any atom is 0.125 e. The molecule has 0 radical (unpaired) electrons. The lowest BCUT2D eigenvalue weighted by Gasteiger charge is -2.35. The zero-order chi connectivity index (χ0) is 18.6. The van der Waals surface area contributed by atoms with Gasteiger partial charge in [-0.2, -0.15) is 0 Å². The van der Waals surface area contributed by atoms with Gasteiger partial charge >= 0.3 is 0 Å². The molecule has 1 N–H and O–H groups in total. The first-order valence-corrected chi connectivity index (χ1v) is 10.2. The van der Waals surface area contributed by atoms with Crippen LogP contribution < -0.4 is 4.90 Å². The highest BCUT2D eigenvalue weighted by Gasteiger charge is 2.25. The molecule has 0 aromatic heterocycles. The molecule has 27 heavy (non-hydrogen) atoms. The molecule has 0 saturated carbocycles. The molecule has 2 saturated heterocycles. The molecule has 2 heterocycles. The monoisotopic (exact) mass is 368 g/mol. The lowest BCUT2D eigenvalue weighted by atomic mass is 9.88. The highest BCUT2D eigenvalue weighted by Crippen LogP contribution is 2.36. The largest absolute Gasteiger partial charge is 0.507 e. The number of anilines is 1. The fraction of sp³-hybridized carbons (Fsp3) is 0.478. The Morgan fingerprint density at radius 2 is 1.78 bits per heavy atom. The Bertz CT molecular complexity index is 773. The standard InChI is InChI=1S/C23H29FN2O/c24-20-9-5-10-21(15-20)26-14-6-8-18(17-26)22-11-4-7-19(23(22)27)16-25-12-2-1-3-13-25/h4-5,7,9-11,15,18,27H,1-3,6,8,12-14,16-17H2/t18-/m1/s1. The minimum Gasteiger partial charge on any atom is -0.507 e. The van der Waals surface area contributed by atoms with Gasteiger partial charge in [-0.3, -0.25) is 4.90 Å². The van der Waals surface area contributed by atoms with Gasteiger partial charge in [0.05, 0.1) is 0 Å². The Hall–Kier alpha value is -2.07. The number of rotatable bonds is 4. The molecule has 0 spiro atoms. The van der Waals surface area contributed by atoms with Crippen LogP contribution in [0.2, 0.25) is 0 Å². The number of phenolic OH excluding ortho intramolecular Hbond substituents is 1. The summed E-state index contributed by atoms with van der Waals surface area (Å²) in [6.07, 6.45) is 5.95. The van der Waals surface area contributed by atoms with Gasteiger partial charge in [0.25, 0.3) is 0 Å². The minimum atomic E-state index is -0.194. The molecule has 0 unspecified atom stereocenters.